The summed E-state index contributed by atoms with van der Waals surface area (Å²) in [6.45, 7) is 2.51. The van der Waals surface area contributed by atoms with Crippen LogP contribution in [0.1, 0.15) is 11.1 Å². The van der Waals surface area contributed by atoms with Gasteiger partial charge in [-0.15, -0.1) is 0 Å². The maximum atomic E-state index is 13.5. The van der Waals surface area contributed by atoms with E-state index in [1.54, 1.807) is 18.3 Å². The minimum atomic E-state index is -0.241. The van der Waals surface area contributed by atoms with Crippen molar-refractivity contribution in [3.8, 4) is 0 Å². The lowest BCUT2D eigenvalue weighted by Gasteiger charge is -2.06. The third kappa shape index (κ3) is 2.21. The zero-order chi connectivity index (χ0) is 13.4. The van der Waals surface area contributed by atoms with Crippen LogP contribution in [0.2, 0.25) is 0 Å². The summed E-state index contributed by atoms with van der Waals surface area (Å²) in [7, 11) is 0. The number of rotatable bonds is 3. The van der Waals surface area contributed by atoms with Gasteiger partial charge in [0, 0.05) is 12.6 Å². The molecule has 0 fully saturated rings. The van der Waals surface area contributed by atoms with E-state index in [9.17, 15) is 4.39 Å². The van der Waals surface area contributed by atoms with E-state index in [0.717, 1.165) is 18.5 Å². The molecule has 5 heteroatoms. The molecule has 0 aliphatic carbocycles. The van der Waals surface area contributed by atoms with Gasteiger partial charge in [0.1, 0.15) is 5.82 Å². The highest BCUT2D eigenvalue weighted by Gasteiger charge is 2.10. The Bertz CT molecular complexity index is 716. The number of nitrogens with zero attached hydrogens (tertiary/aromatic N) is 2. The van der Waals surface area contributed by atoms with Crippen LogP contribution in [0.25, 0.3) is 11.0 Å². The van der Waals surface area contributed by atoms with Crippen molar-refractivity contribution in [1.82, 2.24) is 9.55 Å². The molecular weight excluding hydrogens is 261 g/mol. The molecular formula is C14H14FN3S. The van der Waals surface area contributed by atoms with Crippen LogP contribution in [-0.4, -0.2) is 9.55 Å². The van der Waals surface area contributed by atoms with E-state index in [0.29, 0.717) is 17.0 Å². The van der Waals surface area contributed by atoms with Crippen molar-refractivity contribution in [1.29, 1.82) is 0 Å². The van der Waals surface area contributed by atoms with E-state index >= 15 is 0 Å². The zero-order valence-corrected chi connectivity index (χ0v) is 11.4. The zero-order valence-electron chi connectivity index (χ0n) is 10.6. The van der Waals surface area contributed by atoms with Crippen LogP contribution in [0.15, 0.2) is 29.0 Å². The second-order valence-electron chi connectivity index (χ2n) is 4.59. The number of halogens is 1. The Labute approximate surface area is 114 Å². The first kappa shape index (κ1) is 12.2. The quantitative estimate of drug-likeness (QED) is 0.796. The molecule has 19 heavy (non-hydrogen) atoms. The summed E-state index contributed by atoms with van der Waals surface area (Å²) in [6.07, 6.45) is 0.898. The molecule has 3 aromatic rings. The van der Waals surface area contributed by atoms with Gasteiger partial charge < -0.3 is 10.3 Å². The summed E-state index contributed by atoms with van der Waals surface area (Å²) in [5.74, 6) is 0.199. The lowest BCUT2D eigenvalue weighted by atomic mass is 10.2. The predicted octanol–water partition coefficient (Wildman–Crippen LogP) is 3.37. The number of hydrogen-bond donors (Lipinski definition) is 1. The first-order valence-corrected chi connectivity index (χ1v) is 7.02. The maximum absolute atomic E-state index is 13.5. The monoisotopic (exact) mass is 275 g/mol. The molecule has 98 valence electrons. The normalized spacial score (nSPS) is 11.3. The summed E-state index contributed by atoms with van der Waals surface area (Å²) in [5.41, 5.74) is 9.33. The molecule has 0 aliphatic heterocycles. The SMILES string of the molecule is Cc1cc2c(cc1F)nc(N)n2CCc1ccsc1. The van der Waals surface area contributed by atoms with Crippen LogP contribution >= 0.6 is 11.3 Å². The van der Waals surface area contributed by atoms with Gasteiger partial charge >= 0.3 is 0 Å². The molecule has 0 amide bonds. The molecule has 0 unspecified atom stereocenters. The minimum Gasteiger partial charge on any atom is -0.369 e. The summed E-state index contributed by atoms with van der Waals surface area (Å²) in [6, 6.07) is 5.36. The Morgan fingerprint density at radius 2 is 2.26 bits per heavy atom. The Morgan fingerprint density at radius 3 is 3.00 bits per heavy atom. The molecule has 2 aromatic heterocycles. The smallest absolute Gasteiger partial charge is 0.201 e. The van der Waals surface area contributed by atoms with E-state index in [1.807, 2.05) is 10.6 Å². The Morgan fingerprint density at radius 1 is 1.42 bits per heavy atom. The van der Waals surface area contributed by atoms with Gasteiger partial charge in [0.15, 0.2) is 0 Å². The van der Waals surface area contributed by atoms with E-state index in [-0.39, 0.29) is 5.82 Å². The molecule has 3 rings (SSSR count). The average molecular weight is 275 g/mol. The van der Waals surface area contributed by atoms with Crippen molar-refractivity contribution in [3.63, 3.8) is 0 Å². The standard InChI is InChI=1S/C14H14FN3S/c1-9-6-13-12(7-11(9)15)17-14(16)18(13)4-2-10-3-5-19-8-10/h3,5-8H,2,4H2,1H3,(H2,16,17). The van der Waals surface area contributed by atoms with Gasteiger partial charge in [-0.1, -0.05) is 0 Å². The number of nitrogen functional groups attached to an aromatic ring is 1. The second-order valence-corrected chi connectivity index (χ2v) is 5.37. The largest absolute Gasteiger partial charge is 0.369 e. The number of fused-ring (bicyclic) bond motifs is 1. The highest BCUT2D eigenvalue weighted by atomic mass is 32.1. The first-order valence-electron chi connectivity index (χ1n) is 6.08. The fourth-order valence-electron chi connectivity index (χ4n) is 2.18. The molecule has 0 bridgehead atoms. The van der Waals surface area contributed by atoms with Crippen LogP contribution < -0.4 is 5.73 Å². The maximum Gasteiger partial charge on any atom is 0.201 e. The van der Waals surface area contributed by atoms with Gasteiger partial charge in [0.05, 0.1) is 11.0 Å². The molecule has 0 aliphatic rings. The van der Waals surface area contributed by atoms with Crippen molar-refractivity contribution < 1.29 is 4.39 Å². The molecule has 1 aromatic carbocycles. The summed E-state index contributed by atoms with van der Waals surface area (Å²) in [4.78, 5) is 4.22. The van der Waals surface area contributed by atoms with Crippen molar-refractivity contribution in [2.24, 2.45) is 0 Å². The second kappa shape index (κ2) is 4.66. The molecule has 0 spiro atoms. The fraction of sp³-hybridized carbons (Fsp3) is 0.214. The summed E-state index contributed by atoms with van der Waals surface area (Å²) >= 11 is 1.68. The predicted molar refractivity (Wildman–Crippen MR) is 76.9 cm³/mol. The molecule has 2 N–H and O–H groups in total. The molecule has 3 nitrogen and oxygen atoms in total. The third-order valence-corrected chi connectivity index (χ3v) is 3.99. The van der Waals surface area contributed by atoms with Crippen LogP contribution in [0.3, 0.4) is 0 Å². The molecule has 2 heterocycles. The first-order chi connectivity index (χ1) is 9.15. The van der Waals surface area contributed by atoms with Gasteiger partial charge in [-0.2, -0.15) is 11.3 Å². The number of aryl methyl sites for hydroxylation is 3. The van der Waals surface area contributed by atoms with Gasteiger partial charge in [-0.25, -0.2) is 9.37 Å². The lowest BCUT2D eigenvalue weighted by molar-refractivity contribution is 0.620. The number of imidazole rings is 1. The van der Waals surface area contributed by atoms with Crippen LogP contribution in [-0.2, 0) is 13.0 Å². The Kier molecular flexibility index (Phi) is 2.98. The summed E-state index contributed by atoms with van der Waals surface area (Å²) in [5, 5.41) is 4.18. The van der Waals surface area contributed by atoms with E-state index < -0.39 is 0 Å². The topological polar surface area (TPSA) is 43.8 Å². The minimum absolute atomic E-state index is 0.241. The van der Waals surface area contributed by atoms with Gasteiger partial charge in [-0.05, 0) is 47.4 Å². The highest BCUT2D eigenvalue weighted by Crippen LogP contribution is 2.22. The van der Waals surface area contributed by atoms with Gasteiger partial charge in [0.2, 0.25) is 5.95 Å². The number of thiophene rings is 1. The van der Waals surface area contributed by atoms with E-state index in [4.69, 9.17) is 5.73 Å². The highest BCUT2D eigenvalue weighted by molar-refractivity contribution is 7.07. The van der Waals surface area contributed by atoms with Crippen LogP contribution in [0.5, 0.6) is 0 Å². The number of hydrogen-bond acceptors (Lipinski definition) is 3. The third-order valence-electron chi connectivity index (χ3n) is 3.26. The number of nitrogens with two attached hydrogens (primary N) is 1. The van der Waals surface area contributed by atoms with Crippen molar-refractivity contribution >= 4 is 28.3 Å². The fourth-order valence-corrected chi connectivity index (χ4v) is 2.88. The van der Waals surface area contributed by atoms with Crippen molar-refractivity contribution in [2.45, 2.75) is 19.9 Å². The van der Waals surface area contributed by atoms with Crippen molar-refractivity contribution in [2.75, 3.05) is 5.73 Å². The molecule has 0 saturated heterocycles. The average Bonchev–Trinajstić information content (AvgIpc) is 2.96. The summed E-state index contributed by atoms with van der Waals surface area (Å²) < 4.78 is 15.5. The molecule has 0 radical (unpaired) electrons. The lowest BCUT2D eigenvalue weighted by Crippen LogP contribution is -2.05. The number of anilines is 1. The van der Waals surface area contributed by atoms with Crippen molar-refractivity contribution in [3.05, 3.63) is 45.9 Å². The molecule has 0 atom stereocenters. The Balaban J connectivity index is 1.98. The van der Waals surface area contributed by atoms with E-state index in [2.05, 4.69) is 21.8 Å². The van der Waals surface area contributed by atoms with Crippen LogP contribution in [0, 0.1) is 12.7 Å². The molecule has 0 saturated carbocycles. The van der Waals surface area contributed by atoms with Crippen LogP contribution in [0.4, 0.5) is 10.3 Å². The van der Waals surface area contributed by atoms with Gasteiger partial charge in [0.25, 0.3) is 0 Å². The Hall–Kier alpha value is -1.88. The number of benzene rings is 1. The van der Waals surface area contributed by atoms with E-state index in [1.165, 1.54) is 11.6 Å². The van der Waals surface area contributed by atoms with Gasteiger partial charge in [-0.3, -0.25) is 0 Å². The number of aromatic nitrogens is 2.